The molecule has 0 N–H and O–H groups in total. The number of carbonyl (C=O) groups is 1. The van der Waals surface area contributed by atoms with Crippen LogP contribution in [-0.4, -0.2) is 48.4 Å². The Morgan fingerprint density at radius 2 is 2.10 bits per heavy atom. The lowest BCUT2D eigenvalue weighted by atomic mass is 10.0. The van der Waals surface area contributed by atoms with Gasteiger partial charge < -0.3 is 9.80 Å². The predicted octanol–water partition coefficient (Wildman–Crippen LogP) is 3.66. The molecule has 5 heteroatoms. The Bertz CT molecular complexity index is 487. The monoisotopic (exact) mass is 358 g/mol. The zero-order chi connectivity index (χ0) is 14.7. The summed E-state index contributed by atoms with van der Waals surface area (Å²) in [6.07, 6.45) is 2.06. The van der Waals surface area contributed by atoms with Crippen LogP contribution >= 0.6 is 27.5 Å². The Balaban J connectivity index is 2.07. The van der Waals surface area contributed by atoms with Gasteiger partial charge in [-0.05, 0) is 47.4 Å². The molecule has 1 aromatic carbocycles. The standard InChI is InChI=1S/C15H20BrClN2O/c1-3-19-9-7-11(8-10-19)18(2)15(20)12-5-4-6-13(16)14(12)17/h4-6,11H,3,7-10H2,1-2H3. The van der Waals surface area contributed by atoms with Crippen LogP contribution in [-0.2, 0) is 0 Å². The summed E-state index contributed by atoms with van der Waals surface area (Å²) in [5.41, 5.74) is 0.571. The normalized spacial score (nSPS) is 17.2. The number of halogens is 2. The fourth-order valence-electron chi connectivity index (χ4n) is 2.65. The first-order valence-corrected chi connectivity index (χ1v) is 8.15. The highest BCUT2D eigenvalue weighted by molar-refractivity contribution is 9.10. The van der Waals surface area contributed by atoms with Gasteiger partial charge in [0.05, 0.1) is 10.6 Å². The molecule has 1 fully saturated rings. The summed E-state index contributed by atoms with van der Waals surface area (Å²) in [6, 6.07) is 5.78. The van der Waals surface area contributed by atoms with Crippen molar-refractivity contribution in [1.82, 2.24) is 9.80 Å². The van der Waals surface area contributed by atoms with Crippen LogP contribution in [0.25, 0.3) is 0 Å². The van der Waals surface area contributed by atoms with E-state index in [2.05, 4.69) is 27.8 Å². The molecule has 0 aromatic heterocycles. The number of carbonyl (C=O) groups excluding carboxylic acids is 1. The van der Waals surface area contributed by atoms with Crippen molar-refractivity contribution in [2.24, 2.45) is 0 Å². The van der Waals surface area contributed by atoms with Gasteiger partial charge >= 0.3 is 0 Å². The van der Waals surface area contributed by atoms with E-state index in [0.29, 0.717) is 16.6 Å². The average molecular weight is 360 g/mol. The summed E-state index contributed by atoms with van der Waals surface area (Å²) in [5, 5.41) is 0.496. The number of nitrogens with zero attached hydrogens (tertiary/aromatic N) is 2. The van der Waals surface area contributed by atoms with Gasteiger partial charge in [0.15, 0.2) is 0 Å². The van der Waals surface area contributed by atoms with Crippen LogP contribution in [0.15, 0.2) is 22.7 Å². The van der Waals surface area contributed by atoms with Crippen molar-refractivity contribution in [3.05, 3.63) is 33.3 Å². The van der Waals surface area contributed by atoms with Gasteiger partial charge in [0, 0.05) is 30.7 Å². The Morgan fingerprint density at radius 1 is 1.45 bits per heavy atom. The second-order valence-electron chi connectivity index (χ2n) is 5.18. The molecule has 0 atom stereocenters. The predicted molar refractivity (Wildman–Crippen MR) is 86.4 cm³/mol. The number of piperidine rings is 1. The first kappa shape index (κ1) is 15.8. The number of benzene rings is 1. The van der Waals surface area contributed by atoms with Crippen molar-refractivity contribution in [2.45, 2.75) is 25.8 Å². The first-order chi connectivity index (χ1) is 9.54. The van der Waals surface area contributed by atoms with Crippen molar-refractivity contribution in [3.8, 4) is 0 Å². The summed E-state index contributed by atoms with van der Waals surface area (Å²) in [4.78, 5) is 16.8. The molecule has 1 aliphatic heterocycles. The molecule has 0 aliphatic carbocycles. The molecule has 3 nitrogen and oxygen atoms in total. The molecule has 2 rings (SSSR count). The van der Waals surface area contributed by atoms with Crippen LogP contribution in [0.1, 0.15) is 30.1 Å². The van der Waals surface area contributed by atoms with Gasteiger partial charge in [0.1, 0.15) is 0 Å². The highest BCUT2D eigenvalue weighted by atomic mass is 79.9. The summed E-state index contributed by atoms with van der Waals surface area (Å²) in [6.45, 7) is 5.38. The highest BCUT2D eigenvalue weighted by Gasteiger charge is 2.26. The Hall–Kier alpha value is -0.580. The molecule has 110 valence electrons. The van der Waals surface area contributed by atoms with Gasteiger partial charge in [-0.1, -0.05) is 24.6 Å². The average Bonchev–Trinajstić information content (AvgIpc) is 2.48. The largest absolute Gasteiger partial charge is 0.339 e. The molecule has 0 bridgehead atoms. The maximum Gasteiger partial charge on any atom is 0.255 e. The number of amides is 1. The molecule has 1 heterocycles. The number of likely N-dealkylation sites (tertiary alicyclic amines) is 1. The zero-order valence-corrected chi connectivity index (χ0v) is 14.2. The SMILES string of the molecule is CCN1CCC(N(C)C(=O)c2cccc(Br)c2Cl)CC1. The molecule has 20 heavy (non-hydrogen) atoms. The molecule has 0 spiro atoms. The molecule has 1 aliphatic rings. The fourth-order valence-corrected chi connectivity index (χ4v) is 3.22. The van der Waals surface area contributed by atoms with Crippen LogP contribution in [0.4, 0.5) is 0 Å². The second-order valence-corrected chi connectivity index (χ2v) is 6.42. The van der Waals surface area contributed by atoms with E-state index < -0.39 is 0 Å². The van der Waals surface area contributed by atoms with Crippen LogP contribution < -0.4 is 0 Å². The second kappa shape index (κ2) is 6.92. The van der Waals surface area contributed by atoms with E-state index in [0.717, 1.165) is 36.9 Å². The van der Waals surface area contributed by atoms with Gasteiger partial charge in [-0.25, -0.2) is 0 Å². The maximum absolute atomic E-state index is 12.6. The van der Waals surface area contributed by atoms with Crippen molar-refractivity contribution in [2.75, 3.05) is 26.7 Å². The van der Waals surface area contributed by atoms with Crippen molar-refractivity contribution < 1.29 is 4.79 Å². The van der Waals surface area contributed by atoms with E-state index in [-0.39, 0.29) is 5.91 Å². The van der Waals surface area contributed by atoms with Crippen molar-refractivity contribution in [1.29, 1.82) is 0 Å². The van der Waals surface area contributed by atoms with Crippen LogP contribution in [0.5, 0.6) is 0 Å². The van der Waals surface area contributed by atoms with Gasteiger partial charge in [0.2, 0.25) is 0 Å². The summed E-state index contributed by atoms with van der Waals surface area (Å²) in [5.74, 6) is 0.00579. The smallest absolute Gasteiger partial charge is 0.255 e. The fraction of sp³-hybridized carbons (Fsp3) is 0.533. The van der Waals surface area contributed by atoms with E-state index >= 15 is 0 Å². The number of hydrogen-bond donors (Lipinski definition) is 0. The Kier molecular flexibility index (Phi) is 5.47. The third-order valence-corrected chi connectivity index (χ3v) is 5.35. The molecule has 0 saturated carbocycles. The minimum atomic E-state index is 0.00579. The molecule has 1 saturated heterocycles. The summed E-state index contributed by atoms with van der Waals surface area (Å²) < 4.78 is 0.763. The van der Waals surface area contributed by atoms with E-state index in [1.807, 2.05) is 24.1 Å². The maximum atomic E-state index is 12.6. The van der Waals surface area contributed by atoms with E-state index in [9.17, 15) is 4.79 Å². The molecular formula is C15H20BrClN2O. The van der Waals surface area contributed by atoms with Crippen molar-refractivity contribution >= 4 is 33.4 Å². The van der Waals surface area contributed by atoms with Crippen molar-refractivity contribution in [3.63, 3.8) is 0 Å². The van der Waals surface area contributed by atoms with Gasteiger partial charge in [-0.3, -0.25) is 4.79 Å². The highest BCUT2D eigenvalue weighted by Crippen LogP contribution is 2.28. The topological polar surface area (TPSA) is 23.6 Å². The van der Waals surface area contributed by atoms with E-state index in [4.69, 9.17) is 11.6 Å². The third-order valence-electron chi connectivity index (χ3n) is 4.05. The van der Waals surface area contributed by atoms with E-state index in [1.165, 1.54) is 0 Å². The minimum Gasteiger partial charge on any atom is -0.339 e. The van der Waals surface area contributed by atoms with Crippen LogP contribution in [0.2, 0.25) is 5.02 Å². The number of rotatable bonds is 3. The molecule has 1 amide bonds. The lowest BCUT2D eigenvalue weighted by Crippen LogP contribution is -2.45. The quantitative estimate of drug-likeness (QED) is 0.822. The third kappa shape index (κ3) is 3.35. The Morgan fingerprint density at radius 3 is 2.70 bits per heavy atom. The van der Waals surface area contributed by atoms with Gasteiger partial charge in [-0.15, -0.1) is 0 Å². The molecule has 0 unspecified atom stereocenters. The van der Waals surface area contributed by atoms with Gasteiger partial charge in [0.25, 0.3) is 5.91 Å². The van der Waals surface area contributed by atoms with Gasteiger partial charge in [-0.2, -0.15) is 0 Å². The molecular weight excluding hydrogens is 340 g/mol. The first-order valence-electron chi connectivity index (χ1n) is 6.98. The van der Waals surface area contributed by atoms with Crippen LogP contribution in [0, 0.1) is 0 Å². The zero-order valence-electron chi connectivity index (χ0n) is 11.9. The summed E-state index contributed by atoms with van der Waals surface area (Å²) in [7, 11) is 1.88. The molecule has 1 aromatic rings. The lowest BCUT2D eigenvalue weighted by molar-refractivity contribution is 0.0647. The number of hydrogen-bond acceptors (Lipinski definition) is 2. The summed E-state index contributed by atoms with van der Waals surface area (Å²) >= 11 is 9.58. The van der Waals surface area contributed by atoms with Crippen LogP contribution in [0.3, 0.4) is 0 Å². The Labute approximate surface area is 134 Å². The lowest BCUT2D eigenvalue weighted by Gasteiger charge is -2.36. The molecule has 0 radical (unpaired) electrons. The van der Waals surface area contributed by atoms with E-state index in [1.54, 1.807) is 6.07 Å². The minimum absolute atomic E-state index is 0.00579.